The smallest absolute Gasteiger partial charge is 0.296 e. The maximum absolute atomic E-state index is 13.6. The van der Waals surface area contributed by atoms with Crippen molar-refractivity contribution in [2.45, 2.75) is 30.6 Å². The van der Waals surface area contributed by atoms with Crippen LogP contribution < -0.4 is 16.4 Å². The molecule has 15 heteroatoms. The lowest BCUT2D eigenvalue weighted by Crippen LogP contribution is -2.25. The lowest BCUT2D eigenvalue weighted by Gasteiger charge is -2.26. The number of anilines is 4. The van der Waals surface area contributed by atoms with E-state index in [0.29, 0.717) is 0 Å². The van der Waals surface area contributed by atoms with Crippen molar-refractivity contribution in [2.24, 2.45) is 0 Å². The molecule has 3 aromatic rings. The summed E-state index contributed by atoms with van der Waals surface area (Å²) < 4.78 is 69.2. The van der Waals surface area contributed by atoms with Crippen molar-refractivity contribution in [1.29, 1.82) is 0 Å². The Balaban J connectivity index is 2.10. The highest BCUT2D eigenvalue weighted by Crippen LogP contribution is 2.43. The first-order valence-electron chi connectivity index (χ1n) is 11.6. The van der Waals surface area contributed by atoms with Gasteiger partial charge in [-0.25, -0.2) is 0 Å². The maximum atomic E-state index is 13.6. The average molecular weight is 595 g/mol. The van der Waals surface area contributed by atoms with Gasteiger partial charge in [-0.3, -0.25) is 23.5 Å². The lowest BCUT2D eigenvalue weighted by atomic mass is 9.82. The monoisotopic (exact) mass is 595 g/mol. The molecule has 41 heavy (non-hydrogen) atoms. The minimum Gasteiger partial charge on any atom is -0.397 e. The molecule has 0 unspecified atom stereocenters. The molecule has 0 heterocycles. The van der Waals surface area contributed by atoms with Gasteiger partial charge in [-0.05, 0) is 49.0 Å². The van der Waals surface area contributed by atoms with Crippen LogP contribution in [0.25, 0.3) is 0 Å². The van der Waals surface area contributed by atoms with Crippen LogP contribution in [-0.4, -0.2) is 51.3 Å². The van der Waals surface area contributed by atoms with Gasteiger partial charge in [0.2, 0.25) is 5.91 Å². The summed E-state index contributed by atoms with van der Waals surface area (Å²) in [5, 5.41) is 5.21. The number of hydrogen-bond donors (Lipinski definition) is 5. The molecule has 0 aromatic heterocycles. The van der Waals surface area contributed by atoms with E-state index in [4.69, 9.17) is 13.6 Å². The molecule has 0 spiro atoms. The van der Waals surface area contributed by atoms with Gasteiger partial charge >= 0.3 is 0 Å². The summed E-state index contributed by atoms with van der Waals surface area (Å²) in [6, 6.07) is 6.59. The lowest BCUT2D eigenvalue weighted by molar-refractivity contribution is -0.112. The normalized spacial score (nSPS) is 12.9. The number of nitrogens with two attached hydrogens (primary N) is 1. The second kappa shape index (κ2) is 9.96. The van der Waals surface area contributed by atoms with Crippen molar-refractivity contribution in [3.63, 3.8) is 0 Å². The molecule has 6 N–H and O–H groups in total. The average Bonchev–Trinajstić information content (AvgIpc) is 2.86. The number of nitrogens with one attached hydrogen (secondary N) is 2. The summed E-state index contributed by atoms with van der Waals surface area (Å²) in [4.78, 5) is 38.0. The number of amides is 1. The molecule has 0 saturated carbocycles. The molecular weight excluding hydrogens is 573 g/mol. The molecule has 0 atom stereocenters. The minimum absolute atomic E-state index is 0.00237. The van der Waals surface area contributed by atoms with Crippen molar-refractivity contribution in [3.05, 3.63) is 81.3 Å². The van der Waals surface area contributed by atoms with Crippen LogP contribution in [0.1, 0.15) is 48.5 Å². The quantitative estimate of drug-likeness (QED) is 0.0947. The molecule has 0 saturated heterocycles. The van der Waals surface area contributed by atoms with E-state index in [2.05, 4.69) is 17.2 Å². The maximum Gasteiger partial charge on any atom is 0.296 e. The molecule has 0 bridgehead atoms. The van der Waals surface area contributed by atoms with Crippen LogP contribution in [0.15, 0.2) is 52.2 Å². The SMILES string of the molecule is [B]C(=C)C(=O)Nc1c(C)c(Nc2cc(S(=O)(=O)O)c(N)c3c2C(=O)c2ccccc2C3=O)c(C)c(S(=O)(=O)O)c1C. The van der Waals surface area contributed by atoms with Gasteiger partial charge in [0.15, 0.2) is 11.6 Å². The van der Waals surface area contributed by atoms with Gasteiger partial charge < -0.3 is 16.4 Å². The summed E-state index contributed by atoms with van der Waals surface area (Å²) in [7, 11) is -4.49. The highest BCUT2D eigenvalue weighted by molar-refractivity contribution is 7.86. The predicted molar refractivity (Wildman–Crippen MR) is 151 cm³/mol. The fraction of sp³-hybridized carbons (Fsp3) is 0.115. The fourth-order valence-electron chi connectivity index (χ4n) is 4.89. The predicted octanol–water partition coefficient (Wildman–Crippen LogP) is 2.83. The molecule has 12 nitrogen and oxygen atoms in total. The van der Waals surface area contributed by atoms with Crippen LogP contribution in [0, 0.1) is 20.8 Å². The van der Waals surface area contributed by atoms with Gasteiger partial charge in [0, 0.05) is 16.8 Å². The number of benzene rings is 3. The zero-order chi connectivity index (χ0) is 30.8. The van der Waals surface area contributed by atoms with Crippen LogP contribution in [0.5, 0.6) is 0 Å². The first-order chi connectivity index (χ1) is 18.9. The number of fused-ring (bicyclic) bond motifs is 2. The zero-order valence-electron chi connectivity index (χ0n) is 21.8. The molecule has 4 rings (SSSR count). The van der Waals surface area contributed by atoms with Crippen molar-refractivity contribution < 1.29 is 40.3 Å². The van der Waals surface area contributed by atoms with E-state index in [1.807, 2.05) is 0 Å². The molecule has 0 fully saturated rings. The Morgan fingerprint density at radius 1 is 0.878 bits per heavy atom. The molecule has 210 valence electrons. The Bertz CT molecular complexity index is 1970. The van der Waals surface area contributed by atoms with Crippen LogP contribution in [0.4, 0.5) is 22.7 Å². The van der Waals surface area contributed by atoms with E-state index in [9.17, 15) is 40.3 Å². The van der Waals surface area contributed by atoms with E-state index >= 15 is 0 Å². The Hall–Kier alpha value is -4.31. The van der Waals surface area contributed by atoms with Crippen LogP contribution in [-0.2, 0) is 25.0 Å². The molecular formula is C26H22BN3O9S2. The van der Waals surface area contributed by atoms with Gasteiger partial charge in [-0.1, -0.05) is 24.3 Å². The summed E-state index contributed by atoms with van der Waals surface area (Å²) in [5.41, 5.74) is 3.61. The van der Waals surface area contributed by atoms with E-state index < -0.39 is 64.2 Å². The van der Waals surface area contributed by atoms with Gasteiger partial charge in [-0.2, -0.15) is 16.8 Å². The largest absolute Gasteiger partial charge is 0.397 e. The highest BCUT2D eigenvalue weighted by atomic mass is 32.2. The topological polar surface area (TPSA) is 210 Å². The Labute approximate surface area is 236 Å². The second-order valence-electron chi connectivity index (χ2n) is 9.30. The Morgan fingerprint density at radius 2 is 1.39 bits per heavy atom. The molecule has 0 aliphatic heterocycles. The zero-order valence-corrected chi connectivity index (χ0v) is 23.5. The first-order valence-corrected chi connectivity index (χ1v) is 14.5. The molecule has 3 aromatic carbocycles. The summed E-state index contributed by atoms with van der Waals surface area (Å²) in [5.74, 6) is -2.37. The van der Waals surface area contributed by atoms with Crippen LogP contribution >= 0.6 is 0 Å². The minimum atomic E-state index is -5.04. The van der Waals surface area contributed by atoms with Gasteiger partial charge in [0.05, 0.1) is 28.2 Å². The number of ketones is 2. The fourth-order valence-corrected chi connectivity index (χ4v) is 6.52. The first kappa shape index (κ1) is 29.7. The van der Waals surface area contributed by atoms with E-state index in [1.54, 1.807) is 0 Å². The summed E-state index contributed by atoms with van der Waals surface area (Å²) in [6.45, 7) is 7.43. The second-order valence-corrected chi connectivity index (χ2v) is 12.0. The number of hydrogen-bond acceptors (Lipinski definition) is 9. The van der Waals surface area contributed by atoms with E-state index in [0.717, 1.165) is 6.07 Å². The number of carbonyl (C=O) groups is 3. The Morgan fingerprint density at radius 3 is 1.88 bits per heavy atom. The van der Waals surface area contributed by atoms with Crippen molar-refractivity contribution >= 4 is 68.3 Å². The van der Waals surface area contributed by atoms with E-state index in [-0.39, 0.29) is 50.4 Å². The van der Waals surface area contributed by atoms with E-state index in [1.165, 1.54) is 45.0 Å². The molecule has 1 aliphatic carbocycles. The van der Waals surface area contributed by atoms with Crippen molar-refractivity contribution in [3.8, 4) is 0 Å². The van der Waals surface area contributed by atoms with Gasteiger partial charge in [-0.15, -0.1) is 6.58 Å². The van der Waals surface area contributed by atoms with Crippen LogP contribution in [0.3, 0.4) is 0 Å². The van der Waals surface area contributed by atoms with Gasteiger partial charge in [0.25, 0.3) is 20.2 Å². The van der Waals surface area contributed by atoms with Gasteiger partial charge in [0.1, 0.15) is 17.6 Å². The van der Waals surface area contributed by atoms with Crippen molar-refractivity contribution in [1.82, 2.24) is 0 Å². The standard InChI is InChI=1S/C26H22BN3O9S2/c1-10-21(11(2)25(41(37,38)39)12(3)22(10)30-26(33)13(4)27)29-16-9-17(40(34,35)36)20(28)19-18(16)23(31)14-7-5-6-8-15(14)24(19)32/h5-9,29H,4,28H2,1-3H3,(H,30,33)(H,34,35,36)(H,37,38,39). The third kappa shape index (κ3) is 4.93. The third-order valence-electron chi connectivity index (χ3n) is 6.71. The molecule has 2 radical (unpaired) electrons. The molecule has 1 amide bonds. The van der Waals surface area contributed by atoms with Crippen LogP contribution in [0.2, 0.25) is 0 Å². The number of nitrogen functional groups attached to an aromatic ring is 1. The Kier molecular flexibility index (Phi) is 7.21. The van der Waals surface area contributed by atoms with Crippen molar-refractivity contribution in [2.75, 3.05) is 16.4 Å². The summed E-state index contributed by atoms with van der Waals surface area (Å²) in [6.07, 6.45) is 0. The number of rotatable bonds is 6. The molecule has 1 aliphatic rings. The highest BCUT2D eigenvalue weighted by Gasteiger charge is 2.37. The third-order valence-corrected chi connectivity index (χ3v) is 8.73. The summed E-state index contributed by atoms with van der Waals surface area (Å²) >= 11 is 0. The number of carbonyl (C=O) groups excluding carboxylic acids is 3.